The van der Waals surface area contributed by atoms with Crippen LogP contribution in [0.15, 0.2) is 42.5 Å². The van der Waals surface area contributed by atoms with E-state index in [1.807, 2.05) is 13.0 Å². The van der Waals surface area contributed by atoms with Crippen LogP contribution in [0.25, 0.3) is 0 Å². The van der Waals surface area contributed by atoms with Crippen LogP contribution in [0.4, 0.5) is 5.69 Å². The third-order valence-electron chi connectivity index (χ3n) is 5.39. The van der Waals surface area contributed by atoms with Gasteiger partial charge in [-0.15, -0.1) is 0 Å². The minimum absolute atomic E-state index is 0.100. The number of nitrogens with zero attached hydrogens (tertiary/aromatic N) is 2. The van der Waals surface area contributed by atoms with Crippen LogP contribution in [0.2, 0.25) is 5.02 Å². The van der Waals surface area contributed by atoms with Gasteiger partial charge in [0.05, 0.1) is 19.1 Å². The molecule has 0 fully saturated rings. The van der Waals surface area contributed by atoms with E-state index >= 15 is 0 Å². The Morgan fingerprint density at radius 3 is 2.47 bits per heavy atom. The van der Waals surface area contributed by atoms with Crippen LogP contribution in [-0.2, 0) is 26.2 Å². The molecular weight excluding hydrogens is 478 g/mol. The molecule has 0 saturated carbocycles. The zero-order chi connectivity index (χ0) is 25.5. The number of halogens is 1. The molecule has 1 atom stereocenters. The summed E-state index contributed by atoms with van der Waals surface area (Å²) in [6.07, 6.45) is 1.78. The fourth-order valence-corrected chi connectivity index (χ4v) is 4.48. The normalized spacial score (nSPS) is 12.1. The lowest BCUT2D eigenvalue weighted by Crippen LogP contribution is -2.51. The summed E-state index contributed by atoms with van der Waals surface area (Å²) >= 11 is 6.20. The maximum Gasteiger partial charge on any atom is 0.244 e. The molecule has 0 spiro atoms. The molecule has 0 radical (unpaired) electrons. The average Bonchev–Trinajstić information content (AvgIpc) is 2.80. The molecule has 0 aliphatic rings. The Labute approximate surface area is 206 Å². The summed E-state index contributed by atoms with van der Waals surface area (Å²) < 4.78 is 31.6. The summed E-state index contributed by atoms with van der Waals surface area (Å²) in [7, 11) is -2.28. The van der Waals surface area contributed by atoms with Crippen LogP contribution >= 0.6 is 11.6 Å². The molecule has 2 rings (SSSR count). The molecule has 0 unspecified atom stereocenters. The number of benzene rings is 2. The number of carbonyl (C=O) groups excluding carboxylic acids is 2. The Hall–Kier alpha value is -2.78. The highest BCUT2D eigenvalue weighted by molar-refractivity contribution is 7.92. The van der Waals surface area contributed by atoms with Crippen molar-refractivity contribution in [1.29, 1.82) is 0 Å². The molecule has 1 N–H and O–H groups in total. The van der Waals surface area contributed by atoms with Crippen LogP contribution in [-0.4, -0.2) is 57.6 Å². The number of rotatable bonds is 11. The average molecular weight is 510 g/mol. The van der Waals surface area contributed by atoms with E-state index in [0.29, 0.717) is 28.6 Å². The van der Waals surface area contributed by atoms with E-state index < -0.39 is 28.5 Å². The largest absolute Gasteiger partial charge is 0.497 e. The molecule has 0 aliphatic heterocycles. The molecule has 10 heteroatoms. The quantitative estimate of drug-likeness (QED) is 0.501. The molecule has 0 aliphatic carbocycles. The number of carbonyl (C=O) groups is 2. The molecule has 0 saturated heterocycles. The van der Waals surface area contributed by atoms with Crippen molar-refractivity contribution < 1.29 is 22.7 Å². The lowest BCUT2D eigenvalue weighted by Gasteiger charge is -2.32. The van der Waals surface area contributed by atoms with Gasteiger partial charge in [-0.3, -0.25) is 13.9 Å². The van der Waals surface area contributed by atoms with E-state index in [-0.39, 0.29) is 12.5 Å². The van der Waals surface area contributed by atoms with Crippen LogP contribution in [0.1, 0.15) is 31.4 Å². The third kappa shape index (κ3) is 7.11. The van der Waals surface area contributed by atoms with Crippen molar-refractivity contribution >= 4 is 39.1 Å². The standard InChI is InChI=1S/C24H32ClN3O5S/c1-6-13-26-24(30)18(3)27(15-19-9-7-10-20(14-19)33-4)23(29)16-28(34(5,31)32)22-12-8-11-21(25)17(22)2/h7-12,14,18H,6,13,15-16H2,1-5H3,(H,26,30)/t18-/m1/s1. The Kier molecular flexibility index (Phi) is 9.76. The molecule has 2 aromatic carbocycles. The van der Waals surface area contributed by atoms with Gasteiger partial charge in [0.1, 0.15) is 18.3 Å². The van der Waals surface area contributed by atoms with Crippen molar-refractivity contribution in [2.45, 2.75) is 39.8 Å². The van der Waals surface area contributed by atoms with Crippen LogP contribution in [0.5, 0.6) is 5.75 Å². The number of nitrogens with one attached hydrogen (secondary N) is 1. The van der Waals surface area contributed by atoms with E-state index in [1.54, 1.807) is 57.4 Å². The van der Waals surface area contributed by atoms with Gasteiger partial charge >= 0.3 is 0 Å². The Balaban J connectivity index is 2.43. The number of methoxy groups -OCH3 is 1. The van der Waals surface area contributed by atoms with Crippen LogP contribution in [0, 0.1) is 6.92 Å². The van der Waals surface area contributed by atoms with Crippen molar-refractivity contribution in [3.05, 3.63) is 58.6 Å². The monoisotopic (exact) mass is 509 g/mol. The van der Waals surface area contributed by atoms with Crippen molar-refractivity contribution in [3.8, 4) is 5.75 Å². The lowest BCUT2D eigenvalue weighted by atomic mass is 10.1. The lowest BCUT2D eigenvalue weighted by molar-refractivity contribution is -0.139. The van der Waals surface area contributed by atoms with Crippen molar-refractivity contribution in [3.63, 3.8) is 0 Å². The second-order valence-corrected chi connectivity index (χ2v) is 10.3. The van der Waals surface area contributed by atoms with Gasteiger partial charge in [0.25, 0.3) is 0 Å². The minimum atomic E-state index is -3.82. The maximum atomic E-state index is 13.5. The molecule has 2 aromatic rings. The zero-order valence-electron chi connectivity index (χ0n) is 20.2. The van der Waals surface area contributed by atoms with Crippen LogP contribution in [0.3, 0.4) is 0 Å². The van der Waals surface area contributed by atoms with E-state index in [0.717, 1.165) is 22.5 Å². The van der Waals surface area contributed by atoms with Gasteiger partial charge in [-0.1, -0.05) is 36.7 Å². The predicted molar refractivity (Wildman–Crippen MR) is 135 cm³/mol. The van der Waals surface area contributed by atoms with Crippen LogP contribution < -0.4 is 14.4 Å². The molecule has 8 nitrogen and oxygen atoms in total. The summed E-state index contributed by atoms with van der Waals surface area (Å²) in [5, 5.41) is 3.19. The summed E-state index contributed by atoms with van der Waals surface area (Å²) in [6.45, 7) is 5.34. The first kappa shape index (κ1) is 27.5. The Bertz CT molecular complexity index is 1120. The number of sulfonamides is 1. The van der Waals surface area contributed by atoms with Gasteiger partial charge in [-0.2, -0.15) is 0 Å². The highest BCUT2D eigenvalue weighted by Gasteiger charge is 2.30. The second-order valence-electron chi connectivity index (χ2n) is 7.99. The maximum absolute atomic E-state index is 13.5. The Morgan fingerprint density at radius 1 is 1.18 bits per heavy atom. The highest BCUT2D eigenvalue weighted by Crippen LogP contribution is 2.28. The number of hydrogen-bond acceptors (Lipinski definition) is 5. The molecule has 34 heavy (non-hydrogen) atoms. The third-order valence-corrected chi connectivity index (χ3v) is 6.93. The van der Waals surface area contributed by atoms with Crippen molar-refractivity contribution in [2.75, 3.05) is 30.8 Å². The number of hydrogen-bond donors (Lipinski definition) is 1. The van der Waals surface area contributed by atoms with Gasteiger partial charge in [-0.05, 0) is 55.7 Å². The van der Waals surface area contributed by atoms with E-state index in [4.69, 9.17) is 16.3 Å². The first-order chi connectivity index (χ1) is 16.0. The molecule has 0 aromatic heterocycles. The SMILES string of the molecule is CCCNC(=O)[C@@H](C)N(Cc1cccc(OC)c1)C(=O)CN(c1cccc(Cl)c1C)S(C)(=O)=O. The predicted octanol–water partition coefficient (Wildman–Crippen LogP) is 3.37. The smallest absolute Gasteiger partial charge is 0.244 e. The number of anilines is 1. The number of amides is 2. The van der Waals surface area contributed by atoms with Gasteiger partial charge in [0, 0.05) is 18.1 Å². The topological polar surface area (TPSA) is 96.0 Å². The second kappa shape index (κ2) is 12.1. The number of ether oxygens (including phenoxy) is 1. The fraction of sp³-hybridized carbons (Fsp3) is 0.417. The van der Waals surface area contributed by atoms with Gasteiger partial charge in [0.15, 0.2) is 0 Å². The van der Waals surface area contributed by atoms with Gasteiger partial charge in [-0.25, -0.2) is 8.42 Å². The molecular formula is C24H32ClN3O5S. The summed E-state index contributed by atoms with van der Waals surface area (Å²) in [4.78, 5) is 27.6. The highest BCUT2D eigenvalue weighted by atomic mass is 35.5. The summed E-state index contributed by atoms with van der Waals surface area (Å²) in [5.74, 6) is -0.227. The molecule has 0 bridgehead atoms. The first-order valence-corrected chi connectivity index (χ1v) is 13.1. The van der Waals surface area contributed by atoms with Crippen molar-refractivity contribution in [1.82, 2.24) is 10.2 Å². The molecule has 186 valence electrons. The van der Waals surface area contributed by atoms with E-state index in [9.17, 15) is 18.0 Å². The molecule has 2 amide bonds. The minimum Gasteiger partial charge on any atom is -0.497 e. The summed E-state index contributed by atoms with van der Waals surface area (Å²) in [5.41, 5.74) is 1.59. The zero-order valence-corrected chi connectivity index (χ0v) is 21.7. The fourth-order valence-electron chi connectivity index (χ4n) is 3.41. The van der Waals surface area contributed by atoms with E-state index in [2.05, 4.69) is 5.32 Å². The summed E-state index contributed by atoms with van der Waals surface area (Å²) in [6, 6.07) is 11.2. The first-order valence-electron chi connectivity index (χ1n) is 10.9. The molecule has 0 heterocycles. The van der Waals surface area contributed by atoms with E-state index in [1.165, 1.54) is 4.90 Å². The van der Waals surface area contributed by atoms with Gasteiger partial charge in [0.2, 0.25) is 21.8 Å². The van der Waals surface area contributed by atoms with Gasteiger partial charge < -0.3 is 15.0 Å². The van der Waals surface area contributed by atoms with Crippen molar-refractivity contribution in [2.24, 2.45) is 0 Å². The Morgan fingerprint density at radius 2 is 1.85 bits per heavy atom.